The van der Waals surface area contributed by atoms with E-state index in [4.69, 9.17) is 0 Å². The van der Waals surface area contributed by atoms with Crippen molar-refractivity contribution in [1.82, 2.24) is 4.98 Å². The van der Waals surface area contributed by atoms with Gasteiger partial charge in [-0.2, -0.15) is 0 Å². The van der Waals surface area contributed by atoms with Crippen LogP contribution in [0.25, 0.3) is 11.3 Å². The number of pyridine rings is 1. The van der Waals surface area contributed by atoms with Crippen LogP contribution in [-0.4, -0.2) is 4.98 Å². The molecule has 1 aromatic carbocycles. The first kappa shape index (κ1) is 12.5. The molecular weight excluding hydrogens is 386 g/mol. The molecule has 0 bridgehead atoms. The summed E-state index contributed by atoms with van der Waals surface area (Å²) < 4.78 is 0. The van der Waals surface area contributed by atoms with Crippen LogP contribution < -0.4 is 0 Å². The Bertz CT molecular complexity index is 494. The minimum absolute atomic E-state index is 0. The molecular formula is C15H14IrN-. The molecule has 1 aliphatic rings. The van der Waals surface area contributed by atoms with Crippen LogP contribution in [0.2, 0.25) is 0 Å². The standard InChI is InChI=1S/C15H14N.Ir/c1-2-6-13-11-14(9-8-12(13)5-1)15-7-3-4-10-16-15;/h3-4,7-8,10-11H,1-2,5-6H2;/q-1;. The molecule has 1 aliphatic carbocycles. The monoisotopic (exact) mass is 401 g/mol. The van der Waals surface area contributed by atoms with E-state index in [-0.39, 0.29) is 20.1 Å². The molecule has 0 aliphatic heterocycles. The molecule has 0 amide bonds. The van der Waals surface area contributed by atoms with Crippen molar-refractivity contribution in [2.24, 2.45) is 0 Å². The predicted molar refractivity (Wildman–Crippen MR) is 65.2 cm³/mol. The molecule has 0 saturated heterocycles. The fourth-order valence-corrected chi connectivity index (χ4v) is 2.33. The Kier molecular flexibility index (Phi) is 4.09. The molecule has 1 radical (unpaired) electrons. The second kappa shape index (κ2) is 5.57. The maximum absolute atomic E-state index is 4.37. The molecule has 1 nitrogen and oxygen atoms in total. The SMILES string of the molecule is [Ir].[c-]1cc2c(cc1-c1ccccn1)CCCC2. The van der Waals surface area contributed by atoms with Crippen molar-refractivity contribution >= 4 is 0 Å². The van der Waals surface area contributed by atoms with Crippen molar-refractivity contribution in [2.45, 2.75) is 25.7 Å². The Morgan fingerprint density at radius 2 is 1.88 bits per heavy atom. The van der Waals surface area contributed by atoms with Crippen molar-refractivity contribution in [2.75, 3.05) is 0 Å². The van der Waals surface area contributed by atoms with Gasteiger partial charge in [-0.15, -0.1) is 34.9 Å². The third-order valence-corrected chi connectivity index (χ3v) is 3.22. The van der Waals surface area contributed by atoms with Gasteiger partial charge >= 0.3 is 0 Å². The normalized spacial score (nSPS) is 13.6. The number of aryl methyl sites for hydroxylation is 2. The van der Waals surface area contributed by atoms with E-state index in [1.807, 2.05) is 24.4 Å². The van der Waals surface area contributed by atoms with Gasteiger partial charge < -0.3 is 4.98 Å². The summed E-state index contributed by atoms with van der Waals surface area (Å²) in [5, 5.41) is 0. The Balaban J connectivity index is 0.00000108. The molecule has 0 fully saturated rings. The summed E-state index contributed by atoms with van der Waals surface area (Å²) in [5.74, 6) is 0. The zero-order valence-corrected chi connectivity index (χ0v) is 12.0. The minimum atomic E-state index is 0. The topological polar surface area (TPSA) is 12.9 Å². The first-order chi connectivity index (χ1) is 7.93. The van der Waals surface area contributed by atoms with Gasteiger partial charge in [-0.05, 0) is 18.2 Å². The molecule has 2 aromatic rings. The van der Waals surface area contributed by atoms with E-state index in [1.165, 1.54) is 36.8 Å². The van der Waals surface area contributed by atoms with E-state index in [1.54, 1.807) is 0 Å². The van der Waals surface area contributed by atoms with E-state index in [9.17, 15) is 0 Å². The van der Waals surface area contributed by atoms with Crippen LogP contribution in [0, 0.1) is 6.07 Å². The molecule has 0 spiro atoms. The molecule has 1 heterocycles. The van der Waals surface area contributed by atoms with Gasteiger partial charge in [0.05, 0.1) is 0 Å². The van der Waals surface area contributed by atoms with Crippen LogP contribution in [0.15, 0.2) is 36.5 Å². The second-order valence-corrected chi connectivity index (χ2v) is 4.32. The molecule has 2 heteroatoms. The second-order valence-electron chi connectivity index (χ2n) is 4.32. The molecule has 1 aromatic heterocycles. The molecule has 0 saturated carbocycles. The van der Waals surface area contributed by atoms with Crippen molar-refractivity contribution < 1.29 is 20.1 Å². The number of nitrogens with zero attached hydrogens (tertiary/aromatic N) is 1. The zero-order chi connectivity index (χ0) is 10.8. The van der Waals surface area contributed by atoms with E-state index in [0.717, 1.165) is 11.3 Å². The molecule has 89 valence electrons. The summed E-state index contributed by atoms with van der Waals surface area (Å²) in [6.45, 7) is 0. The number of hydrogen-bond acceptors (Lipinski definition) is 1. The number of benzene rings is 1. The molecule has 0 unspecified atom stereocenters. The van der Waals surface area contributed by atoms with Crippen LogP contribution in [-0.2, 0) is 32.9 Å². The van der Waals surface area contributed by atoms with Crippen LogP contribution >= 0.6 is 0 Å². The minimum Gasteiger partial charge on any atom is -0.305 e. The van der Waals surface area contributed by atoms with Gasteiger partial charge in [-0.25, -0.2) is 0 Å². The number of fused-ring (bicyclic) bond motifs is 1. The van der Waals surface area contributed by atoms with Crippen LogP contribution in [0.3, 0.4) is 0 Å². The number of hydrogen-bond donors (Lipinski definition) is 0. The van der Waals surface area contributed by atoms with Gasteiger partial charge in [0.1, 0.15) is 0 Å². The average Bonchev–Trinajstić information content (AvgIpc) is 2.39. The van der Waals surface area contributed by atoms with Gasteiger partial charge in [0.2, 0.25) is 0 Å². The smallest absolute Gasteiger partial charge is 0.0160 e. The molecule has 17 heavy (non-hydrogen) atoms. The summed E-state index contributed by atoms with van der Waals surface area (Å²) in [5.41, 5.74) is 5.12. The van der Waals surface area contributed by atoms with E-state index in [0.29, 0.717) is 0 Å². The Labute approximate surface area is 116 Å². The summed E-state index contributed by atoms with van der Waals surface area (Å²) in [6.07, 6.45) is 6.91. The van der Waals surface area contributed by atoms with E-state index < -0.39 is 0 Å². The van der Waals surface area contributed by atoms with Gasteiger partial charge in [0, 0.05) is 26.3 Å². The summed E-state index contributed by atoms with van der Waals surface area (Å²) in [4.78, 5) is 4.37. The third kappa shape index (κ3) is 2.65. The van der Waals surface area contributed by atoms with Crippen LogP contribution in [0.1, 0.15) is 24.0 Å². The summed E-state index contributed by atoms with van der Waals surface area (Å²) in [7, 11) is 0. The van der Waals surface area contributed by atoms with Gasteiger partial charge in [-0.1, -0.05) is 31.4 Å². The fourth-order valence-electron chi connectivity index (χ4n) is 2.33. The van der Waals surface area contributed by atoms with Crippen molar-refractivity contribution in [1.29, 1.82) is 0 Å². The Morgan fingerprint density at radius 1 is 1.06 bits per heavy atom. The molecule has 0 atom stereocenters. The first-order valence-corrected chi connectivity index (χ1v) is 5.88. The van der Waals surface area contributed by atoms with Crippen molar-refractivity contribution in [3.63, 3.8) is 0 Å². The number of rotatable bonds is 1. The summed E-state index contributed by atoms with van der Waals surface area (Å²) >= 11 is 0. The van der Waals surface area contributed by atoms with Crippen LogP contribution in [0.4, 0.5) is 0 Å². The third-order valence-electron chi connectivity index (χ3n) is 3.22. The maximum atomic E-state index is 4.37. The first-order valence-electron chi connectivity index (χ1n) is 5.88. The molecule has 0 N–H and O–H groups in total. The summed E-state index contributed by atoms with van der Waals surface area (Å²) in [6, 6.07) is 13.8. The number of aromatic nitrogens is 1. The Morgan fingerprint density at radius 3 is 2.65 bits per heavy atom. The van der Waals surface area contributed by atoms with Gasteiger partial charge in [0.15, 0.2) is 0 Å². The van der Waals surface area contributed by atoms with Crippen molar-refractivity contribution in [3.05, 3.63) is 53.7 Å². The van der Waals surface area contributed by atoms with Crippen molar-refractivity contribution in [3.8, 4) is 11.3 Å². The van der Waals surface area contributed by atoms with E-state index in [2.05, 4.69) is 23.2 Å². The van der Waals surface area contributed by atoms with Crippen LogP contribution in [0.5, 0.6) is 0 Å². The Hall–Kier alpha value is -0.981. The quantitative estimate of drug-likeness (QED) is 0.669. The van der Waals surface area contributed by atoms with Gasteiger partial charge in [-0.3, -0.25) is 0 Å². The predicted octanol–water partition coefficient (Wildman–Crippen LogP) is 3.43. The largest absolute Gasteiger partial charge is 0.305 e. The fraction of sp³-hybridized carbons (Fsp3) is 0.267. The maximum Gasteiger partial charge on any atom is 0.0160 e. The zero-order valence-electron chi connectivity index (χ0n) is 9.57. The van der Waals surface area contributed by atoms with E-state index >= 15 is 0 Å². The molecule has 3 rings (SSSR count). The average molecular weight is 401 g/mol. The van der Waals surface area contributed by atoms with Gasteiger partial charge in [0.25, 0.3) is 0 Å².